The second kappa shape index (κ2) is 45.5. The summed E-state index contributed by atoms with van der Waals surface area (Å²) >= 11 is 0. The molecule has 0 spiro atoms. The fourth-order valence-corrected chi connectivity index (χ4v) is 4.76. The number of ketones is 3. The van der Waals surface area contributed by atoms with Crippen LogP contribution in [0, 0.1) is 40.5 Å². The van der Waals surface area contributed by atoms with Gasteiger partial charge >= 0.3 is 0 Å². The van der Waals surface area contributed by atoms with Crippen molar-refractivity contribution in [2.24, 2.45) is 0 Å². The third-order valence-corrected chi connectivity index (χ3v) is 7.52. The molecule has 18 nitrogen and oxygen atoms in total. The molecule has 0 aliphatic carbocycles. The van der Waals surface area contributed by atoms with Crippen LogP contribution in [-0.4, -0.2) is 147 Å². The Balaban J connectivity index is -0.000000174. The summed E-state index contributed by atoms with van der Waals surface area (Å²) in [6.45, 7) is 37.4. The maximum atomic E-state index is 10.0. The van der Waals surface area contributed by atoms with E-state index < -0.39 is 0 Å². The first-order valence-corrected chi connectivity index (χ1v) is 22.6. The van der Waals surface area contributed by atoms with Crippen molar-refractivity contribution in [3.05, 3.63) is 150 Å². The van der Waals surface area contributed by atoms with Crippen LogP contribution in [-0.2, 0) is 74.7 Å². The number of hydrazine groups is 3. The average molecular weight is 1530 g/mol. The number of aliphatic hydroxyl groups excluding tert-OH is 3. The second-order valence-electron chi connectivity index (χ2n) is 15.8. The molecular formula is C50H88Ir3N12O6-6. The molecule has 0 aromatic heterocycles. The Kier molecular flexibility index (Phi) is 50.0. The summed E-state index contributed by atoms with van der Waals surface area (Å²) in [4.78, 5) is 42.2. The molecule has 6 heterocycles. The van der Waals surface area contributed by atoms with Crippen molar-refractivity contribution < 1.29 is 90.0 Å². The van der Waals surface area contributed by atoms with Gasteiger partial charge < -0.3 is 74.8 Å². The predicted octanol–water partition coefficient (Wildman–Crippen LogP) is 9.17. The van der Waals surface area contributed by atoms with Crippen LogP contribution in [0.25, 0.3) is 0 Å². The van der Waals surface area contributed by atoms with Gasteiger partial charge in [-0.15, -0.1) is 26.7 Å². The zero-order valence-electron chi connectivity index (χ0n) is 45.6. The van der Waals surface area contributed by atoms with Crippen molar-refractivity contribution in [1.29, 1.82) is 0 Å². The molecule has 6 aliphatic rings. The molecule has 0 saturated heterocycles. The van der Waals surface area contributed by atoms with Gasteiger partial charge in [-0.1, -0.05) is 60.8 Å². The number of rotatable bonds is 6. The minimum atomic E-state index is -0.125. The topological polar surface area (TPSA) is 151 Å². The SMILES string of the molecule is CC(=O)C=C(C)O.CC(=O)C=C(C)O.CC(=O)C=C(C)O.CCC.CCC.CCC.CN1C=CN(N2C=CN(C)[CH-]2)[CH-]1.[CH2-]C1N(C)C=CN1N1C=CN(C)[CH-]1.[CH2-]C1N(C)C=CN1N1C=CN(C)[CH-]1.[Ir].[Ir].[Ir]. The molecule has 21 heteroatoms. The van der Waals surface area contributed by atoms with Crippen LogP contribution >= 0.6 is 0 Å². The van der Waals surface area contributed by atoms with Crippen molar-refractivity contribution >= 4 is 17.3 Å². The number of hydrogen-bond donors (Lipinski definition) is 3. The van der Waals surface area contributed by atoms with Crippen molar-refractivity contribution in [3.8, 4) is 0 Å². The summed E-state index contributed by atoms with van der Waals surface area (Å²) in [5, 5.41) is 37.2. The van der Waals surface area contributed by atoms with Crippen LogP contribution in [0.3, 0.4) is 0 Å². The van der Waals surface area contributed by atoms with E-state index in [0.29, 0.717) is 0 Å². The van der Waals surface area contributed by atoms with Crippen LogP contribution < -0.4 is 0 Å². The van der Waals surface area contributed by atoms with E-state index in [9.17, 15) is 14.4 Å². The monoisotopic (exact) mass is 1530 g/mol. The first-order valence-electron chi connectivity index (χ1n) is 22.6. The maximum Gasteiger partial charge on any atom is 0.155 e. The molecular weight excluding hydrogens is 1440 g/mol. The predicted molar refractivity (Wildman–Crippen MR) is 277 cm³/mol. The van der Waals surface area contributed by atoms with Crippen LogP contribution in [0.15, 0.2) is 110 Å². The Morgan fingerprint density at radius 2 is 0.606 bits per heavy atom. The summed E-state index contributed by atoms with van der Waals surface area (Å²) in [6, 6.07) is 0. The second-order valence-corrected chi connectivity index (χ2v) is 15.8. The maximum absolute atomic E-state index is 10.0. The molecule has 417 valence electrons. The zero-order valence-corrected chi connectivity index (χ0v) is 52.8. The van der Waals surface area contributed by atoms with E-state index in [1.807, 2.05) is 183 Å². The number of carbonyl (C=O) groups excluding carboxylic acids is 3. The van der Waals surface area contributed by atoms with Crippen LogP contribution in [0.5, 0.6) is 0 Å². The summed E-state index contributed by atoms with van der Waals surface area (Å²) in [6.07, 6.45) is 31.6. The van der Waals surface area contributed by atoms with Crippen molar-refractivity contribution in [2.75, 3.05) is 42.3 Å². The van der Waals surface area contributed by atoms with Crippen LogP contribution in [0.1, 0.15) is 102 Å². The minimum Gasteiger partial charge on any atom is -0.512 e. The van der Waals surface area contributed by atoms with E-state index in [1.165, 1.54) is 79.0 Å². The minimum absolute atomic E-state index is 0. The fraction of sp³-hybridized carbons (Fsp3) is 0.460. The smallest absolute Gasteiger partial charge is 0.155 e. The molecule has 0 aromatic rings. The third kappa shape index (κ3) is 39.9. The number of hydrogen-bond acceptors (Lipinski definition) is 18. The van der Waals surface area contributed by atoms with Crippen molar-refractivity contribution in [1.82, 2.24) is 59.5 Å². The molecule has 2 unspecified atom stereocenters. The van der Waals surface area contributed by atoms with Crippen LogP contribution in [0.4, 0.5) is 0 Å². The Bertz CT molecular complexity index is 1550. The molecule has 71 heavy (non-hydrogen) atoms. The van der Waals surface area contributed by atoms with Gasteiger partial charge in [0.25, 0.3) is 0 Å². The van der Waals surface area contributed by atoms with Gasteiger partial charge in [0.05, 0.1) is 17.3 Å². The normalized spacial score (nSPS) is 17.7. The van der Waals surface area contributed by atoms with E-state index in [0.717, 1.165) is 0 Å². The number of nitrogens with zero attached hydrogens (tertiary/aromatic N) is 12. The summed E-state index contributed by atoms with van der Waals surface area (Å²) in [5.41, 5.74) is 0. The van der Waals surface area contributed by atoms with Crippen molar-refractivity contribution in [2.45, 2.75) is 115 Å². The van der Waals surface area contributed by atoms with Gasteiger partial charge in [-0.3, -0.25) is 28.2 Å². The molecule has 3 N–H and O–H groups in total. The summed E-state index contributed by atoms with van der Waals surface area (Å²) < 4.78 is 0. The quantitative estimate of drug-likeness (QED) is 0.132. The molecule has 3 radical (unpaired) electrons. The van der Waals surface area contributed by atoms with Gasteiger partial charge in [-0.05, 0) is 107 Å². The van der Waals surface area contributed by atoms with E-state index >= 15 is 0 Å². The molecule has 0 amide bonds. The standard InChI is InChI=1S/2C9H14N4.C8H12N4.3C5H8O2.3C3H8.3Ir/c2*1-9-11(3)5-7-13(9)12-6-4-10(2)8-12;1-9-3-5-11(7-9)12-6-4-10(2)8-12;3*1-4(6)3-5(2)7;3*1-3-2;;;/h2*4-9H,1H2,2-3H3;3-8H,1-2H3;3*3,6H,1-2H3;3*3H2,1-2H3;;;/q3*-2;;;;;;;;;. The average Bonchev–Trinajstić information content (AvgIpc) is 4.09. The van der Waals surface area contributed by atoms with E-state index in [4.69, 9.17) is 15.3 Å². The van der Waals surface area contributed by atoms with Gasteiger partial charge in [-0.2, -0.15) is 0 Å². The third-order valence-electron chi connectivity index (χ3n) is 7.52. The largest absolute Gasteiger partial charge is 0.512 e. The van der Waals surface area contributed by atoms with Gasteiger partial charge in [0.1, 0.15) is 0 Å². The molecule has 0 saturated carbocycles. The van der Waals surface area contributed by atoms with E-state index in [2.05, 4.69) is 75.2 Å². The molecule has 0 aromatic carbocycles. The number of carbonyl (C=O) groups is 3. The summed E-state index contributed by atoms with van der Waals surface area (Å²) in [5.74, 6) is -0.187. The molecule has 0 bridgehead atoms. The number of aliphatic hydroxyl groups is 3. The molecule has 2 atom stereocenters. The van der Waals surface area contributed by atoms with Gasteiger partial charge in [0.2, 0.25) is 0 Å². The first kappa shape index (κ1) is 78.1. The van der Waals surface area contributed by atoms with E-state index in [-0.39, 0.29) is 107 Å². The zero-order chi connectivity index (χ0) is 53.1. The molecule has 6 aliphatic heterocycles. The van der Waals surface area contributed by atoms with E-state index in [1.54, 1.807) is 0 Å². The Morgan fingerprint density at radius 3 is 0.718 bits per heavy atom. The van der Waals surface area contributed by atoms with Gasteiger partial charge in [0.15, 0.2) is 17.3 Å². The van der Waals surface area contributed by atoms with Crippen molar-refractivity contribution in [3.63, 3.8) is 0 Å². The number of allylic oxidation sites excluding steroid dienone is 6. The van der Waals surface area contributed by atoms with Gasteiger partial charge in [0, 0.05) is 142 Å². The Morgan fingerprint density at radius 1 is 0.408 bits per heavy atom. The Hall–Kier alpha value is -4.38. The van der Waals surface area contributed by atoms with Gasteiger partial charge in [-0.25, -0.2) is 0 Å². The Labute approximate surface area is 471 Å². The molecule has 6 rings (SSSR count). The first-order chi connectivity index (χ1) is 31.7. The molecule has 0 fully saturated rings. The van der Waals surface area contributed by atoms with Crippen LogP contribution in [0.2, 0.25) is 0 Å². The fourth-order valence-electron chi connectivity index (χ4n) is 4.76. The summed E-state index contributed by atoms with van der Waals surface area (Å²) in [7, 11) is 12.0.